The molecule has 2 aromatic rings. The van der Waals surface area contributed by atoms with Crippen molar-refractivity contribution < 1.29 is 65.9 Å². The number of hydrogen-bond donors (Lipinski definition) is 0. The first kappa shape index (κ1) is 26.3. The van der Waals surface area contributed by atoms with Crippen molar-refractivity contribution in [2.75, 3.05) is 21.3 Å². The fraction of sp³-hybridized carbons (Fsp3) is 0.318. The van der Waals surface area contributed by atoms with Crippen LogP contribution >= 0.6 is 0 Å². The van der Waals surface area contributed by atoms with E-state index >= 15 is 0 Å². The number of benzene rings is 2. The van der Waals surface area contributed by atoms with Crippen molar-refractivity contribution in [3.63, 3.8) is 0 Å². The third-order valence-corrected chi connectivity index (χ3v) is 4.38. The first-order chi connectivity index (χ1) is 14.0. The summed E-state index contributed by atoms with van der Waals surface area (Å²) in [5.41, 5.74) is 6.35. The summed E-state index contributed by atoms with van der Waals surface area (Å²) in [7, 11) is 4.70. The van der Waals surface area contributed by atoms with E-state index in [9.17, 15) is 0 Å². The van der Waals surface area contributed by atoms with Crippen LogP contribution in [0.4, 0.5) is 0 Å². The van der Waals surface area contributed by atoms with Gasteiger partial charge in [-0.05, 0) is 54.9 Å². The zero-order valence-corrected chi connectivity index (χ0v) is 21.9. The summed E-state index contributed by atoms with van der Waals surface area (Å²) >= 11 is 0. The van der Waals surface area contributed by atoms with Crippen molar-refractivity contribution in [3.8, 4) is 0 Å². The Morgan fingerprint density at radius 3 is 2.10 bits per heavy atom. The molecule has 0 aliphatic rings. The van der Waals surface area contributed by atoms with Crippen LogP contribution in [0.25, 0.3) is 5.32 Å². The van der Waals surface area contributed by atoms with Gasteiger partial charge in [0.25, 0.3) is 0 Å². The van der Waals surface area contributed by atoms with E-state index in [0.29, 0.717) is 12.4 Å². The van der Waals surface area contributed by atoms with Crippen LogP contribution in [-0.4, -0.2) is 38.5 Å². The van der Waals surface area contributed by atoms with Gasteiger partial charge in [-0.2, -0.15) is 0 Å². The molecule has 0 N–H and O–H groups in total. The van der Waals surface area contributed by atoms with E-state index in [1.54, 1.807) is 7.05 Å². The van der Waals surface area contributed by atoms with Gasteiger partial charge >= 0.3 is 51.4 Å². The van der Waals surface area contributed by atoms with Crippen molar-refractivity contribution in [1.82, 2.24) is 0 Å². The first-order valence-corrected chi connectivity index (χ1v) is 9.16. The zero-order chi connectivity index (χ0) is 21.2. The molecule has 30 heavy (non-hydrogen) atoms. The summed E-state index contributed by atoms with van der Waals surface area (Å²) in [5.74, 6) is 0.510. The Morgan fingerprint density at radius 1 is 0.900 bits per heavy atom. The van der Waals surface area contributed by atoms with Crippen LogP contribution in [-0.2, 0) is 21.1 Å². The molecule has 0 aliphatic heterocycles. The molecule has 0 spiro atoms. The quantitative estimate of drug-likeness (QED) is 0.274. The molecule has 2 rings (SSSR count). The van der Waals surface area contributed by atoms with Gasteiger partial charge in [0.15, 0.2) is 0 Å². The van der Waals surface area contributed by atoms with Crippen LogP contribution in [0, 0.1) is 6.92 Å². The van der Waals surface area contributed by atoms with Gasteiger partial charge in [-0.25, -0.2) is 0 Å². The second-order valence-corrected chi connectivity index (χ2v) is 6.31. The molecule has 0 amide bonds. The van der Waals surface area contributed by atoms with Crippen molar-refractivity contribution in [3.05, 3.63) is 75.6 Å². The van der Waals surface area contributed by atoms with Gasteiger partial charge in [-0.3, -0.25) is 5.16 Å². The minimum atomic E-state index is 0. The third kappa shape index (κ3) is 7.21. The molecule has 8 heteroatoms. The number of aryl methyl sites for hydroxylation is 1. The Kier molecular flexibility index (Phi) is 11.9. The minimum absolute atomic E-state index is 0. The molecule has 0 radical (unpaired) electrons. The van der Waals surface area contributed by atoms with Gasteiger partial charge in [0.2, 0.25) is 0 Å². The SMILES string of the molecule is C[N-]/C(=N/OC)c1cccc(C)c1CO/N=C(\C)c1cccc(/C(C)=N/OC)c1.[K+]. The van der Waals surface area contributed by atoms with Gasteiger partial charge < -0.3 is 19.8 Å². The van der Waals surface area contributed by atoms with Crippen molar-refractivity contribution >= 4 is 17.3 Å². The molecule has 0 saturated heterocycles. The van der Waals surface area contributed by atoms with Gasteiger partial charge in [0, 0.05) is 5.56 Å². The standard InChI is InChI=1S/C22H27N4O3.K/c1-15-9-7-12-20(22(23-4)26-28-6)21(15)14-29-25-17(3)19-11-8-10-18(13-19)16(2)24-27-5;/h7-13H,14H2,1-6H3;/q-1;+1/b24-16+,25-17+;. The Labute approximate surface area is 220 Å². The summed E-state index contributed by atoms with van der Waals surface area (Å²) < 4.78 is 0. The van der Waals surface area contributed by atoms with Gasteiger partial charge in [0.1, 0.15) is 13.7 Å². The molecule has 0 unspecified atom stereocenters. The molecule has 0 bridgehead atoms. The predicted octanol–water partition coefficient (Wildman–Crippen LogP) is 1.62. The average Bonchev–Trinajstić information content (AvgIpc) is 2.73. The molecule has 0 fully saturated rings. The van der Waals surface area contributed by atoms with Crippen LogP contribution in [0.15, 0.2) is 57.9 Å². The van der Waals surface area contributed by atoms with Crippen molar-refractivity contribution in [1.29, 1.82) is 0 Å². The molecule has 0 saturated carbocycles. The van der Waals surface area contributed by atoms with E-state index in [0.717, 1.165) is 39.2 Å². The minimum Gasteiger partial charge on any atom is -0.497 e. The number of oxime groups is 3. The molecular weight excluding hydrogens is 407 g/mol. The molecule has 0 atom stereocenters. The fourth-order valence-corrected chi connectivity index (χ4v) is 2.81. The molecular formula is C22H27KN4O3. The normalized spacial score (nSPS) is 12.1. The summed E-state index contributed by atoms with van der Waals surface area (Å²) in [5, 5.41) is 16.4. The maximum Gasteiger partial charge on any atom is 1.00 e. The van der Waals surface area contributed by atoms with Crippen LogP contribution in [0.5, 0.6) is 0 Å². The van der Waals surface area contributed by atoms with Gasteiger partial charge in [0.05, 0.1) is 18.5 Å². The number of rotatable bonds is 8. The zero-order valence-electron chi connectivity index (χ0n) is 18.8. The number of nitrogens with zero attached hydrogens (tertiary/aromatic N) is 4. The molecule has 0 aliphatic carbocycles. The fourth-order valence-electron chi connectivity index (χ4n) is 2.81. The van der Waals surface area contributed by atoms with Crippen molar-refractivity contribution in [2.45, 2.75) is 27.4 Å². The molecule has 2 aromatic carbocycles. The van der Waals surface area contributed by atoms with Gasteiger partial charge in [-0.15, -0.1) is 0 Å². The van der Waals surface area contributed by atoms with Crippen molar-refractivity contribution in [2.24, 2.45) is 15.5 Å². The average molecular weight is 435 g/mol. The van der Waals surface area contributed by atoms with E-state index in [2.05, 4.69) is 20.8 Å². The number of amidine groups is 1. The van der Waals surface area contributed by atoms with E-state index in [1.807, 2.05) is 63.2 Å². The monoisotopic (exact) mass is 434 g/mol. The largest absolute Gasteiger partial charge is 1.00 e. The van der Waals surface area contributed by atoms with Crippen LogP contribution in [0.2, 0.25) is 0 Å². The van der Waals surface area contributed by atoms with Gasteiger partial charge in [-0.1, -0.05) is 53.8 Å². The molecule has 0 heterocycles. The maximum atomic E-state index is 5.67. The van der Waals surface area contributed by atoms with Crippen LogP contribution in [0.1, 0.15) is 41.7 Å². The Hall–Kier alpha value is -1.71. The topological polar surface area (TPSA) is 78.9 Å². The van der Waals surface area contributed by atoms with E-state index < -0.39 is 0 Å². The second kappa shape index (κ2) is 13.6. The summed E-state index contributed by atoms with van der Waals surface area (Å²) in [6.07, 6.45) is 0. The Morgan fingerprint density at radius 2 is 1.50 bits per heavy atom. The Bertz CT molecular complexity index is 926. The third-order valence-electron chi connectivity index (χ3n) is 4.38. The summed E-state index contributed by atoms with van der Waals surface area (Å²) in [4.78, 5) is 15.4. The predicted molar refractivity (Wildman–Crippen MR) is 117 cm³/mol. The summed E-state index contributed by atoms with van der Waals surface area (Å²) in [6, 6.07) is 13.8. The first-order valence-electron chi connectivity index (χ1n) is 9.16. The molecule has 154 valence electrons. The maximum absolute atomic E-state index is 5.67. The number of hydrogen-bond acceptors (Lipinski definition) is 6. The second-order valence-electron chi connectivity index (χ2n) is 6.31. The van der Waals surface area contributed by atoms with Crippen LogP contribution < -0.4 is 51.4 Å². The van der Waals surface area contributed by atoms with Crippen LogP contribution in [0.3, 0.4) is 0 Å². The molecule has 7 nitrogen and oxygen atoms in total. The summed E-state index contributed by atoms with van der Waals surface area (Å²) in [6.45, 7) is 6.10. The van der Waals surface area contributed by atoms with E-state index in [1.165, 1.54) is 14.2 Å². The Balaban J connectivity index is 0.00000450. The smallest absolute Gasteiger partial charge is 0.497 e. The van der Waals surface area contributed by atoms with E-state index in [4.69, 9.17) is 14.5 Å². The molecule has 0 aromatic heterocycles. The van der Waals surface area contributed by atoms with E-state index in [-0.39, 0.29) is 51.4 Å².